The number of amides is 1. The SMILES string of the molecule is CCNc1ncc(F)cc1C(=O)Nc1ccc(I)cc1. The van der Waals surface area contributed by atoms with Crippen LogP contribution < -0.4 is 10.6 Å². The number of aromatic nitrogens is 1. The van der Waals surface area contributed by atoms with Crippen molar-refractivity contribution in [3.63, 3.8) is 0 Å². The van der Waals surface area contributed by atoms with Crippen molar-refractivity contribution in [1.82, 2.24) is 4.98 Å². The molecule has 0 spiro atoms. The fraction of sp³-hybridized carbons (Fsp3) is 0.143. The van der Waals surface area contributed by atoms with E-state index in [1.165, 1.54) is 6.07 Å². The van der Waals surface area contributed by atoms with Gasteiger partial charge in [0.1, 0.15) is 11.6 Å². The number of nitrogens with zero attached hydrogens (tertiary/aromatic N) is 1. The summed E-state index contributed by atoms with van der Waals surface area (Å²) in [5.74, 6) is -0.564. The number of carbonyl (C=O) groups is 1. The van der Waals surface area contributed by atoms with Crippen LogP contribution in [0.5, 0.6) is 0 Å². The lowest BCUT2D eigenvalue weighted by Crippen LogP contribution is -2.16. The summed E-state index contributed by atoms with van der Waals surface area (Å²) in [6, 6.07) is 8.52. The van der Waals surface area contributed by atoms with E-state index in [1.807, 2.05) is 19.1 Å². The summed E-state index contributed by atoms with van der Waals surface area (Å²) in [7, 11) is 0. The quantitative estimate of drug-likeness (QED) is 0.793. The van der Waals surface area contributed by atoms with Gasteiger partial charge in [-0.15, -0.1) is 0 Å². The maximum atomic E-state index is 13.3. The van der Waals surface area contributed by atoms with Gasteiger partial charge in [0, 0.05) is 15.8 Å². The van der Waals surface area contributed by atoms with Crippen LogP contribution in [0.15, 0.2) is 36.5 Å². The summed E-state index contributed by atoms with van der Waals surface area (Å²) >= 11 is 2.18. The summed E-state index contributed by atoms with van der Waals surface area (Å²) in [6.45, 7) is 2.48. The van der Waals surface area contributed by atoms with Crippen molar-refractivity contribution in [2.75, 3.05) is 17.2 Å². The molecular weight excluding hydrogens is 372 g/mol. The minimum absolute atomic E-state index is 0.186. The molecule has 0 saturated heterocycles. The second-order valence-corrected chi connectivity index (χ2v) is 5.29. The Bertz CT molecular complexity index is 616. The Balaban J connectivity index is 2.23. The third-order valence-corrected chi connectivity index (χ3v) is 3.26. The molecule has 4 nitrogen and oxygen atoms in total. The fourth-order valence-corrected chi connectivity index (χ4v) is 2.01. The standard InChI is InChI=1S/C14H13FIN3O/c1-2-17-13-12(7-9(15)8-18-13)14(20)19-11-5-3-10(16)4-6-11/h3-8H,2H2,1H3,(H,17,18)(H,19,20). The zero-order chi connectivity index (χ0) is 14.5. The zero-order valence-corrected chi connectivity index (χ0v) is 12.9. The molecule has 0 aliphatic heterocycles. The minimum atomic E-state index is -0.542. The molecule has 0 radical (unpaired) electrons. The van der Waals surface area contributed by atoms with Crippen molar-refractivity contribution in [2.45, 2.75) is 6.92 Å². The molecule has 20 heavy (non-hydrogen) atoms. The number of carbonyl (C=O) groups excluding carboxylic acids is 1. The summed E-state index contributed by atoms with van der Waals surface area (Å²) in [5.41, 5.74) is 0.840. The molecule has 1 aromatic heterocycles. The number of anilines is 2. The first kappa shape index (κ1) is 14.7. The Morgan fingerprint density at radius 1 is 1.35 bits per heavy atom. The molecule has 104 valence electrons. The summed E-state index contributed by atoms with van der Waals surface area (Å²) < 4.78 is 14.3. The molecule has 0 aliphatic rings. The van der Waals surface area contributed by atoms with E-state index in [-0.39, 0.29) is 5.56 Å². The maximum absolute atomic E-state index is 13.3. The van der Waals surface area contributed by atoms with Crippen LogP contribution in [-0.2, 0) is 0 Å². The van der Waals surface area contributed by atoms with E-state index in [9.17, 15) is 9.18 Å². The number of benzene rings is 1. The predicted octanol–water partition coefficient (Wildman–Crippen LogP) is 3.51. The number of rotatable bonds is 4. The molecule has 6 heteroatoms. The third kappa shape index (κ3) is 3.66. The highest BCUT2D eigenvalue weighted by Crippen LogP contribution is 2.17. The Kier molecular flexibility index (Phi) is 4.89. The van der Waals surface area contributed by atoms with Crippen molar-refractivity contribution in [3.05, 3.63) is 51.5 Å². The van der Waals surface area contributed by atoms with Gasteiger partial charge in [-0.1, -0.05) is 0 Å². The van der Waals surface area contributed by atoms with E-state index < -0.39 is 11.7 Å². The van der Waals surface area contributed by atoms with Crippen LogP contribution in [0, 0.1) is 9.39 Å². The Morgan fingerprint density at radius 2 is 2.05 bits per heavy atom. The smallest absolute Gasteiger partial charge is 0.259 e. The van der Waals surface area contributed by atoms with Crippen LogP contribution in [0.4, 0.5) is 15.9 Å². The van der Waals surface area contributed by atoms with Gasteiger partial charge in [0.15, 0.2) is 0 Å². The van der Waals surface area contributed by atoms with Crippen molar-refractivity contribution in [2.24, 2.45) is 0 Å². The zero-order valence-electron chi connectivity index (χ0n) is 10.8. The van der Waals surface area contributed by atoms with E-state index >= 15 is 0 Å². The van der Waals surface area contributed by atoms with Crippen molar-refractivity contribution in [3.8, 4) is 0 Å². The fourth-order valence-electron chi connectivity index (χ4n) is 1.65. The topological polar surface area (TPSA) is 54.0 Å². The van der Waals surface area contributed by atoms with E-state index in [0.717, 1.165) is 9.77 Å². The van der Waals surface area contributed by atoms with Gasteiger partial charge >= 0.3 is 0 Å². The van der Waals surface area contributed by atoms with Gasteiger partial charge in [-0.3, -0.25) is 4.79 Å². The second-order valence-electron chi connectivity index (χ2n) is 4.04. The molecule has 2 aromatic rings. The highest BCUT2D eigenvalue weighted by Gasteiger charge is 2.14. The average molecular weight is 385 g/mol. The van der Waals surface area contributed by atoms with Crippen LogP contribution >= 0.6 is 22.6 Å². The van der Waals surface area contributed by atoms with Gasteiger partial charge in [0.25, 0.3) is 5.91 Å². The normalized spacial score (nSPS) is 10.2. The first-order valence-electron chi connectivity index (χ1n) is 6.06. The number of nitrogens with one attached hydrogen (secondary N) is 2. The highest BCUT2D eigenvalue weighted by molar-refractivity contribution is 14.1. The molecular formula is C14H13FIN3O. The lowest BCUT2D eigenvalue weighted by molar-refractivity contribution is 0.102. The predicted molar refractivity (Wildman–Crippen MR) is 85.5 cm³/mol. The Morgan fingerprint density at radius 3 is 2.70 bits per heavy atom. The monoisotopic (exact) mass is 385 g/mol. The average Bonchev–Trinajstić information content (AvgIpc) is 2.43. The molecule has 2 N–H and O–H groups in total. The molecule has 2 rings (SSSR count). The Labute approximate surface area is 129 Å². The van der Waals surface area contributed by atoms with Crippen molar-refractivity contribution in [1.29, 1.82) is 0 Å². The van der Waals surface area contributed by atoms with Crippen LogP contribution in [0.25, 0.3) is 0 Å². The molecule has 0 unspecified atom stereocenters. The maximum Gasteiger partial charge on any atom is 0.259 e. The third-order valence-electron chi connectivity index (χ3n) is 2.55. The number of hydrogen-bond donors (Lipinski definition) is 2. The van der Waals surface area contributed by atoms with Crippen LogP contribution in [-0.4, -0.2) is 17.4 Å². The van der Waals surface area contributed by atoms with Gasteiger partial charge in [-0.25, -0.2) is 9.37 Å². The molecule has 0 fully saturated rings. The molecule has 0 atom stereocenters. The molecule has 0 bridgehead atoms. The number of hydrogen-bond acceptors (Lipinski definition) is 3. The minimum Gasteiger partial charge on any atom is -0.370 e. The lowest BCUT2D eigenvalue weighted by atomic mass is 10.2. The van der Waals surface area contributed by atoms with E-state index in [1.54, 1.807) is 12.1 Å². The van der Waals surface area contributed by atoms with Crippen LogP contribution in [0.3, 0.4) is 0 Å². The first-order chi connectivity index (χ1) is 9.60. The molecule has 1 heterocycles. The number of pyridine rings is 1. The van der Waals surface area contributed by atoms with E-state index in [4.69, 9.17) is 0 Å². The van der Waals surface area contributed by atoms with E-state index in [0.29, 0.717) is 18.1 Å². The van der Waals surface area contributed by atoms with Crippen molar-refractivity contribution >= 4 is 40.0 Å². The van der Waals surface area contributed by atoms with Gasteiger partial charge in [0.2, 0.25) is 0 Å². The van der Waals surface area contributed by atoms with Gasteiger partial charge in [-0.2, -0.15) is 0 Å². The van der Waals surface area contributed by atoms with Gasteiger partial charge in [-0.05, 0) is 59.8 Å². The van der Waals surface area contributed by atoms with Crippen molar-refractivity contribution < 1.29 is 9.18 Å². The molecule has 1 amide bonds. The summed E-state index contributed by atoms with van der Waals surface area (Å²) in [4.78, 5) is 16.1. The largest absolute Gasteiger partial charge is 0.370 e. The summed E-state index contributed by atoms with van der Waals surface area (Å²) in [6.07, 6.45) is 1.08. The summed E-state index contributed by atoms with van der Waals surface area (Å²) in [5, 5.41) is 5.66. The highest BCUT2D eigenvalue weighted by atomic mass is 127. The van der Waals surface area contributed by atoms with Crippen LogP contribution in [0.1, 0.15) is 17.3 Å². The van der Waals surface area contributed by atoms with Crippen LogP contribution in [0.2, 0.25) is 0 Å². The Hall–Kier alpha value is -1.70. The lowest BCUT2D eigenvalue weighted by Gasteiger charge is -2.10. The van der Waals surface area contributed by atoms with E-state index in [2.05, 4.69) is 38.2 Å². The molecule has 0 saturated carbocycles. The number of halogens is 2. The second kappa shape index (κ2) is 6.65. The first-order valence-corrected chi connectivity index (χ1v) is 7.14. The molecule has 1 aromatic carbocycles. The molecule has 0 aliphatic carbocycles. The van der Waals surface area contributed by atoms with Gasteiger partial charge < -0.3 is 10.6 Å². The van der Waals surface area contributed by atoms with Gasteiger partial charge in [0.05, 0.1) is 11.8 Å².